The molecule has 0 bridgehead atoms. The molecule has 0 atom stereocenters. The Morgan fingerprint density at radius 2 is 1.83 bits per heavy atom. The van der Waals surface area contributed by atoms with Crippen molar-refractivity contribution in [1.82, 2.24) is 9.88 Å². The summed E-state index contributed by atoms with van der Waals surface area (Å²) in [5.41, 5.74) is 1.05. The van der Waals surface area contributed by atoms with E-state index in [4.69, 9.17) is 4.74 Å². The third kappa shape index (κ3) is 5.36. The molecular weight excluding hydrogens is 398 g/mol. The molecule has 6 nitrogen and oxygen atoms in total. The highest BCUT2D eigenvalue weighted by molar-refractivity contribution is 7.09. The SMILES string of the molecule is CCc1nc(CN(C)C(=O)c2cc3ccccc3cc2NC(=O)OC(C)(C)C)cs1. The fourth-order valence-corrected chi connectivity index (χ4v) is 3.77. The average molecular weight is 426 g/mol. The lowest BCUT2D eigenvalue weighted by Crippen LogP contribution is -2.30. The lowest BCUT2D eigenvalue weighted by atomic mass is 10.0. The minimum Gasteiger partial charge on any atom is -0.444 e. The van der Waals surface area contributed by atoms with Crippen molar-refractivity contribution in [3.05, 3.63) is 58.0 Å². The van der Waals surface area contributed by atoms with Crippen molar-refractivity contribution in [2.45, 2.75) is 46.3 Å². The monoisotopic (exact) mass is 425 g/mol. The number of fused-ring (bicyclic) bond motifs is 1. The molecule has 2 amide bonds. The van der Waals surface area contributed by atoms with Crippen molar-refractivity contribution in [2.24, 2.45) is 0 Å². The van der Waals surface area contributed by atoms with Crippen LogP contribution < -0.4 is 5.32 Å². The molecule has 0 radical (unpaired) electrons. The van der Waals surface area contributed by atoms with Crippen LogP contribution in [0.15, 0.2) is 41.8 Å². The smallest absolute Gasteiger partial charge is 0.412 e. The summed E-state index contributed by atoms with van der Waals surface area (Å²) in [6.07, 6.45) is 0.276. The Hall–Kier alpha value is -2.93. The molecule has 0 saturated carbocycles. The lowest BCUT2D eigenvalue weighted by Gasteiger charge is -2.22. The van der Waals surface area contributed by atoms with E-state index in [0.29, 0.717) is 17.8 Å². The van der Waals surface area contributed by atoms with Crippen molar-refractivity contribution in [3.63, 3.8) is 0 Å². The fourth-order valence-electron chi connectivity index (χ4n) is 3.04. The molecule has 0 unspecified atom stereocenters. The first-order valence-corrected chi connectivity index (χ1v) is 10.8. The van der Waals surface area contributed by atoms with Crippen LogP contribution in [0.5, 0.6) is 0 Å². The van der Waals surface area contributed by atoms with E-state index in [-0.39, 0.29) is 5.91 Å². The largest absolute Gasteiger partial charge is 0.444 e. The number of benzene rings is 2. The Morgan fingerprint density at radius 1 is 1.17 bits per heavy atom. The number of carbonyl (C=O) groups excluding carboxylic acids is 2. The van der Waals surface area contributed by atoms with E-state index >= 15 is 0 Å². The highest BCUT2D eigenvalue weighted by Crippen LogP contribution is 2.26. The zero-order valence-electron chi connectivity index (χ0n) is 18.0. The highest BCUT2D eigenvalue weighted by atomic mass is 32.1. The van der Waals surface area contributed by atoms with Gasteiger partial charge in [-0.15, -0.1) is 11.3 Å². The lowest BCUT2D eigenvalue weighted by molar-refractivity contribution is 0.0636. The van der Waals surface area contributed by atoms with Gasteiger partial charge in [-0.3, -0.25) is 10.1 Å². The van der Waals surface area contributed by atoms with Crippen molar-refractivity contribution in [1.29, 1.82) is 0 Å². The third-order valence-corrected chi connectivity index (χ3v) is 5.44. The topological polar surface area (TPSA) is 71.5 Å². The van der Waals surface area contributed by atoms with Crippen molar-refractivity contribution in [3.8, 4) is 0 Å². The van der Waals surface area contributed by atoms with Crippen LogP contribution in [0.2, 0.25) is 0 Å². The zero-order valence-corrected chi connectivity index (χ0v) is 18.8. The molecule has 1 N–H and O–H groups in total. The van der Waals surface area contributed by atoms with Gasteiger partial charge >= 0.3 is 6.09 Å². The zero-order chi connectivity index (χ0) is 21.9. The average Bonchev–Trinajstić information content (AvgIpc) is 3.13. The van der Waals surface area contributed by atoms with Crippen molar-refractivity contribution < 1.29 is 14.3 Å². The number of carbonyl (C=O) groups is 2. The molecule has 0 fully saturated rings. The summed E-state index contributed by atoms with van der Waals surface area (Å²) in [4.78, 5) is 31.8. The molecule has 3 rings (SSSR count). The number of nitrogens with one attached hydrogen (secondary N) is 1. The van der Waals surface area contributed by atoms with Crippen molar-refractivity contribution >= 4 is 39.8 Å². The Labute approximate surface area is 180 Å². The maximum atomic E-state index is 13.3. The van der Waals surface area contributed by atoms with Gasteiger partial charge in [0.15, 0.2) is 0 Å². The van der Waals surface area contributed by atoms with Gasteiger partial charge in [0.05, 0.1) is 28.5 Å². The van der Waals surface area contributed by atoms with Gasteiger partial charge in [-0.2, -0.15) is 0 Å². The van der Waals surface area contributed by atoms with Crippen LogP contribution in [0.25, 0.3) is 10.8 Å². The van der Waals surface area contributed by atoms with Crippen LogP contribution in [0.1, 0.15) is 48.8 Å². The number of amides is 2. The Kier molecular flexibility index (Phi) is 6.41. The second-order valence-corrected chi connectivity index (χ2v) is 9.06. The Morgan fingerprint density at radius 3 is 2.43 bits per heavy atom. The molecule has 3 aromatic rings. The summed E-state index contributed by atoms with van der Waals surface area (Å²) < 4.78 is 5.38. The molecule has 1 aromatic heterocycles. The molecule has 7 heteroatoms. The predicted molar refractivity (Wildman–Crippen MR) is 121 cm³/mol. The molecule has 1 heterocycles. The summed E-state index contributed by atoms with van der Waals surface area (Å²) >= 11 is 1.60. The van der Waals surface area contributed by atoms with Crippen LogP contribution in [0, 0.1) is 0 Å². The number of aromatic nitrogens is 1. The molecule has 0 aliphatic rings. The molecule has 158 valence electrons. The normalized spacial score (nSPS) is 11.4. The van der Waals surface area contributed by atoms with Crippen LogP contribution in [0.4, 0.5) is 10.5 Å². The molecule has 0 spiro atoms. The van der Waals surface area contributed by atoms with E-state index in [9.17, 15) is 9.59 Å². The van der Waals surface area contributed by atoms with E-state index in [2.05, 4.69) is 17.2 Å². The van der Waals surface area contributed by atoms with Gasteiger partial charge in [0.25, 0.3) is 5.91 Å². The molecule has 30 heavy (non-hydrogen) atoms. The summed E-state index contributed by atoms with van der Waals surface area (Å²) in [6, 6.07) is 11.3. The summed E-state index contributed by atoms with van der Waals surface area (Å²) in [5, 5.41) is 7.62. The number of aryl methyl sites for hydroxylation is 1. The van der Waals surface area contributed by atoms with Gasteiger partial charge in [0.2, 0.25) is 0 Å². The van der Waals surface area contributed by atoms with Gasteiger partial charge in [-0.25, -0.2) is 9.78 Å². The molecule has 0 saturated heterocycles. The third-order valence-electron chi connectivity index (χ3n) is 4.40. The van der Waals surface area contributed by atoms with Crippen LogP contribution in [-0.2, 0) is 17.7 Å². The van der Waals surface area contributed by atoms with Crippen molar-refractivity contribution in [2.75, 3.05) is 12.4 Å². The van der Waals surface area contributed by atoms with Gasteiger partial charge < -0.3 is 9.64 Å². The molecule has 0 aliphatic carbocycles. The number of thiazole rings is 1. The Balaban J connectivity index is 1.91. The number of hydrogen-bond acceptors (Lipinski definition) is 5. The minimum atomic E-state index is -0.635. The van der Waals surface area contributed by atoms with Gasteiger partial charge in [-0.1, -0.05) is 31.2 Å². The standard InChI is InChI=1S/C23H27N3O3S/c1-6-20-24-17(14-30-20)13-26(5)21(27)18-11-15-9-7-8-10-16(15)12-19(18)25-22(28)29-23(2,3)4/h7-12,14H,6,13H2,1-5H3,(H,25,28). The number of anilines is 1. The number of nitrogens with zero attached hydrogens (tertiary/aromatic N) is 2. The van der Waals surface area contributed by atoms with Crippen LogP contribution >= 0.6 is 11.3 Å². The van der Waals surface area contributed by atoms with E-state index in [0.717, 1.165) is 27.9 Å². The van der Waals surface area contributed by atoms with Gasteiger partial charge in [0, 0.05) is 12.4 Å². The van der Waals surface area contributed by atoms with Gasteiger partial charge in [-0.05, 0) is 50.1 Å². The van der Waals surface area contributed by atoms with E-state index in [1.807, 2.05) is 29.6 Å². The predicted octanol–water partition coefficient (Wildman–Crippen LogP) is 5.48. The molecule has 2 aromatic carbocycles. The maximum Gasteiger partial charge on any atom is 0.412 e. The first-order valence-electron chi connectivity index (χ1n) is 9.88. The van der Waals surface area contributed by atoms with E-state index in [1.165, 1.54) is 0 Å². The van der Waals surface area contributed by atoms with E-state index < -0.39 is 11.7 Å². The summed E-state index contributed by atoms with van der Waals surface area (Å²) in [5.74, 6) is -0.196. The molecule has 0 aliphatic heterocycles. The summed E-state index contributed by atoms with van der Waals surface area (Å²) in [6.45, 7) is 7.84. The first kappa shape index (κ1) is 21.8. The maximum absolute atomic E-state index is 13.3. The second-order valence-electron chi connectivity index (χ2n) is 8.12. The number of ether oxygens (including phenoxy) is 1. The quantitative estimate of drug-likeness (QED) is 0.588. The van der Waals surface area contributed by atoms with Gasteiger partial charge in [0.1, 0.15) is 5.60 Å². The molecular formula is C23H27N3O3S. The number of hydrogen-bond donors (Lipinski definition) is 1. The second kappa shape index (κ2) is 8.83. The summed E-state index contributed by atoms with van der Waals surface area (Å²) in [7, 11) is 1.74. The first-order chi connectivity index (χ1) is 14.2. The Bertz CT molecular complexity index is 1070. The van der Waals surface area contributed by atoms with E-state index in [1.54, 1.807) is 56.2 Å². The van der Waals surface area contributed by atoms with Crippen LogP contribution in [0.3, 0.4) is 0 Å². The highest BCUT2D eigenvalue weighted by Gasteiger charge is 2.22. The van der Waals surface area contributed by atoms with Crippen LogP contribution in [-0.4, -0.2) is 34.5 Å². The fraction of sp³-hybridized carbons (Fsp3) is 0.348. The minimum absolute atomic E-state index is 0.196. The number of rotatable bonds is 5.